The first-order valence-corrected chi connectivity index (χ1v) is 12.9. The molecule has 0 saturated carbocycles. The van der Waals surface area contributed by atoms with Crippen LogP contribution in [-0.4, -0.2) is 45.2 Å². The lowest BCUT2D eigenvalue weighted by Crippen LogP contribution is -2.28. The third-order valence-corrected chi connectivity index (χ3v) is 7.11. The van der Waals surface area contributed by atoms with Crippen molar-refractivity contribution in [3.05, 3.63) is 64.2 Å². The Bertz CT molecular complexity index is 1850. The predicted octanol–water partition coefficient (Wildman–Crippen LogP) is 5.16. The molecule has 202 valence electrons. The molecule has 1 aliphatic heterocycles. The normalized spacial score (nSPS) is 13.0. The van der Waals surface area contributed by atoms with Crippen molar-refractivity contribution >= 4 is 33.3 Å². The largest absolute Gasteiger partial charge is 0.468 e. The molecule has 6 rings (SSSR count). The van der Waals surface area contributed by atoms with Gasteiger partial charge in [-0.1, -0.05) is 13.0 Å². The number of methoxy groups -OCH3 is 1. The number of fused-ring (bicyclic) bond motifs is 3. The van der Waals surface area contributed by atoms with E-state index in [9.17, 15) is 9.65 Å². The number of halogens is 3. The van der Waals surface area contributed by atoms with E-state index in [4.69, 9.17) is 21.1 Å². The highest BCUT2D eigenvalue weighted by Crippen LogP contribution is 2.39. The molecule has 0 bridgehead atoms. The Morgan fingerprint density at radius 3 is 2.80 bits per heavy atom. The summed E-state index contributed by atoms with van der Waals surface area (Å²) in [4.78, 5) is 13.0. The number of hydrogen-bond donors (Lipinski definition) is 1. The van der Waals surface area contributed by atoms with E-state index >= 15 is 4.39 Å². The molecule has 3 aromatic heterocycles. The summed E-state index contributed by atoms with van der Waals surface area (Å²) in [6.45, 7) is 3.53. The molecule has 9 nitrogen and oxygen atoms in total. The van der Waals surface area contributed by atoms with Gasteiger partial charge in [0.05, 0.1) is 12.2 Å². The van der Waals surface area contributed by atoms with Gasteiger partial charge in [-0.05, 0) is 52.6 Å². The van der Waals surface area contributed by atoms with E-state index in [0.29, 0.717) is 65.0 Å². The molecule has 4 heterocycles. The lowest BCUT2D eigenvalue weighted by Gasteiger charge is -2.16. The van der Waals surface area contributed by atoms with Crippen LogP contribution in [0.15, 0.2) is 30.5 Å². The molecule has 0 unspecified atom stereocenters. The smallest absolute Gasteiger partial charge is 0.223 e. The minimum atomic E-state index is -0.774. The van der Waals surface area contributed by atoms with Crippen molar-refractivity contribution in [2.45, 2.75) is 26.4 Å². The average Bonchev–Trinajstić information content (AvgIpc) is 3.34. The lowest BCUT2D eigenvalue weighted by molar-refractivity contribution is 0.0512. The van der Waals surface area contributed by atoms with E-state index in [-0.39, 0.29) is 40.1 Å². The van der Waals surface area contributed by atoms with E-state index in [1.807, 2.05) is 6.92 Å². The van der Waals surface area contributed by atoms with E-state index in [0.717, 1.165) is 0 Å². The SMILES string of the molecule is CCc1c(F)ccc2cc(OCOC)cc(-c3ncc4c(-c5nn6c(c5C#N)CNCC6)nc(Cl)nc4c3F)c12. The molecule has 2 aromatic carbocycles. The minimum Gasteiger partial charge on any atom is -0.468 e. The number of nitriles is 1. The third kappa shape index (κ3) is 4.21. The highest BCUT2D eigenvalue weighted by molar-refractivity contribution is 6.29. The summed E-state index contributed by atoms with van der Waals surface area (Å²) >= 11 is 6.29. The van der Waals surface area contributed by atoms with Gasteiger partial charge in [-0.3, -0.25) is 9.67 Å². The van der Waals surface area contributed by atoms with Crippen LogP contribution in [0.5, 0.6) is 5.75 Å². The van der Waals surface area contributed by atoms with Crippen LogP contribution in [0.4, 0.5) is 8.78 Å². The summed E-state index contributed by atoms with van der Waals surface area (Å²) in [5, 5.41) is 18.9. The molecule has 1 aliphatic rings. The van der Waals surface area contributed by atoms with Crippen LogP contribution in [0.1, 0.15) is 23.7 Å². The third-order valence-electron chi connectivity index (χ3n) is 6.94. The molecule has 0 spiro atoms. The number of ether oxygens (including phenoxy) is 2. The molecule has 0 amide bonds. The van der Waals surface area contributed by atoms with E-state index in [1.165, 1.54) is 19.4 Å². The van der Waals surface area contributed by atoms with Gasteiger partial charge in [-0.25, -0.2) is 18.7 Å². The Morgan fingerprint density at radius 2 is 2.02 bits per heavy atom. The van der Waals surface area contributed by atoms with Gasteiger partial charge in [-0.2, -0.15) is 10.4 Å². The van der Waals surface area contributed by atoms with Crippen LogP contribution >= 0.6 is 11.6 Å². The van der Waals surface area contributed by atoms with E-state index < -0.39 is 11.6 Å². The molecule has 0 fully saturated rings. The van der Waals surface area contributed by atoms with Crippen molar-refractivity contribution in [1.82, 2.24) is 30.0 Å². The molecule has 0 saturated heterocycles. The maximum absolute atomic E-state index is 16.4. The summed E-state index contributed by atoms with van der Waals surface area (Å²) in [5.41, 5.74) is 2.11. The van der Waals surface area contributed by atoms with Crippen molar-refractivity contribution in [3.8, 4) is 34.5 Å². The van der Waals surface area contributed by atoms with Gasteiger partial charge < -0.3 is 14.8 Å². The maximum Gasteiger partial charge on any atom is 0.223 e. The van der Waals surface area contributed by atoms with Crippen molar-refractivity contribution in [2.24, 2.45) is 0 Å². The lowest BCUT2D eigenvalue weighted by atomic mass is 9.94. The quantitative estimate of drug-likeness (QED) is 0.223. The van der Waals surface area contributed by atoms with Crippen LogP contribution in [0.3, 0.4) is 0 Å². The number of nitrogens with one attached hydrogen (secondary N) is 1. The van der Waals surface area contributed by atoms with Crippen molar-refractivity contribution in [1.29, 1.82) is 5.26 Å². The number of hydrogen-bond acceptors (Lipinski definition) is 8. The van der Waals surface area contributed by atoms with Crippen LogP contribution in [0, 0.1) is 23.0 Å². The molecule has 40 heavy (non-hydrogen) atoms. The van der Waals surface area contributed by atoms with Crippen LogP contribution < -0.4 is 10.1 Å². The number of benzene rings is 2. The molecule has 0 radical (unpaired) electrons. The second-order valence-corrected chi connectivity index (χ2v) is 9.54. The van der Waals surface area contributed by atoms with Crippen molar-refractivity contribution < 1.29 is 18.3 Å². The molecule has 0 aliphatic carbocycles. The molecular weight excluding hydrogens is 540 g/mol. The molecule has 12 heteroatoms. The number of pyridine rings is 1. The first-order valence-electron chi connectivity index (χ1n) is 12.5. The van der Waals surface area contributed by atoms with Gasteiger partial charge in [0, 0.05) is 37.3 Å². The second-order valence-electron chi connectivity index (χ2n) is 9.21. The molecule has 1 N–H and O–H groups in total. The Balaban J connectivity index is 1.62. The molecular formula is C28H22ClF2N7O2. The van der Waals surface area contributed by atoms with Crippen LogP contribution in [0.2, 0.25) is 5.28 Å². The monoisotopic (exact) mass is 561 g/mol. The van der Waals surface area contributed by atoms with Crippen molar-refractivity contribution in [3.63, 3.8) is 0 Å². The summed E-state index contributed by atoms with van der Waals surface area (Å²) in [5.74, 6) is -0.779. The standard InChI is InChI=1S/C28H22ClF2N7O2/c1-3-16-20(30)5-4-14-8-15(40-13-39-2)9-17(22(14)16)24-23(31)25-19(11-34-24)26(36-28(29)35-25)27-18(10-32)21-12-33-6-7-38(21)37-27/h4-5,8-9,11,33H,3,6-7,12-13H2,1-2H3. The summed E-state index contributed by atoms with van der Waals surface area (Å²) < 4.78 is 43.7. The van der Waals surface area contributed by atoms with Gasteiger partial charge in [0.1, 0.15) is 45.8 Å². The first-order chi connectivity index (χ1) is 19.4. The molecule has 0 atom stereocenters. The molecule has 5 aromatic rings. The highest BCUT2D eigenvalue weighted by Gasteiger charge is 2.26. The number of nitrogens with zero attached hydrogens (tertiary/aromatic N) is 6. The first kappa shape index (κ1) is 26.0. The Morgan fingerprint density at radius 1 is 1.18 bits per heavy atom. The van der Waals surface area contributed by atoms with Gasteiger partial charge in [0.25, 0.3) is 0 Å². The zero-order valence-corrected chi connectivity index (χ0v) is 22.3. The Kier molecular flexibility index (Phi) is 6.75. The van der Waals surface area contributed by atoms with E-state index in [2.05, 4.69) is 31.4 Å². The zero-order valence-electron chi connectivity index (χ0n) is 21.6. The van der Waals surface area contributed by atoms with Crippen LogP contribution in [0.25, 0.3) is 44.3 Å². The fourth-order valence-corrected chi connectivity index (χ4v) is 5.33. The van der Waals surface area contributed by atoms with E-state index in [1.54, 1.807) is 22.9 Å². The van der Waals surface area contributed by atoms with Crippen molar-refractivity contribution in [2.75, 3.05) is 20.4 Å². The Hall–Kier alpha value is -4.24. The minimum absolute atomic E-state index is 0.0298. The summed E-state index contributed by atoms with van der Waals surface area (Å²) in [6, 6.07) is 8.53. The average molecular weight is 562 g/mol. The van der Waals surface area contributed by atoms with Gasteiger partial charge in [-0.15, -0.1) is 0 Å². The zero-order chi connectivity index (χ0) is 28.0. The van der Waals surface area contributed by atoms with Gasteiger partial charge in [0.2, 0.25) is 5.28 Å². The predicted molar refractivity (Wildman–Crippen MR) is 145 cm³/mol. The fourth-order valence-electron chi connectivity index (χ4n) is 5.17. The number of aromatic nitrogens is 5. The van der Waals surface area contributed by atoms with Crippen LogP contribution in [-0.2, 0) is 24.2 Å². The summed E-state index contributed by atoms with van der Waals surface area (Å²) in [7, 11) is 1.49. The second kappa shape index (κ2) is 10.4. The fraction of sp³-hybridized carbons (Fsp3) is 0.250. The van der Waals surface area contributed by atoms with Gasteiger partial charge in [0.15, 0.2) is 12.6 Å². The summed E-state index contributed by atoms with van der Waals surface area (Å²) in [6.07, 6.45) is 1.80. The topological polar surface area (TPSA) is 111 Å². The highest BCUT2D eigenvalue weighted by atomic mass is 35.5. The maximum atomic E-state index is 16.4. The number of rotatable bonds is 6. The Labute approximate surface area is 232 Å². The number of aryl methyl sites for hydroxylation is 1. The van der Waals surface area contributed by atoms with Gasteiger partial charge >= 0.3 is 0 Å².